The Hall–Kier alpha value is -2.14. The van der Waals surface area contributed by atoms with Crippen LogP contribution in [0.2, 0.25) is 0 Å². The number of Topliss-reactive ketones (excluding diaryl/α,β-unsaturated/α-hetero) is 1. The summed E-state index contributed by atoms with van der Waals surface area (Å²) in [7, 11) is 3.04. The normalized spacial score (nSPS) is 27.3. The summed E-state index contributed by atoms with van der Waals surface area (Å²) in [5.41, 5.74) is 1.13. The fraction of sp³-hybridized carbons (Fsp3) is 0.545. The van der Waals surface area contributed by atoms with Crippen molar-refractivity contribution < 1.29 is 19.1 Å². The predicted octanol–water partition coefficient (Wildman–Crippen LogP) is 3.52. The zero-order valence-electron chi connectivity index (χ0n) is 16.7. The molecule has 0 aromatic heterocycles. The minimum Gasteiger partial charge on any atom is -0.497 e. The van der Waals surface area contributed by atoms with Gasteiger partial charge in [0.25, 0.3) is 0 Å². The van der Waals surface area contributed by atoms with Gasteiger partial charge in [0, 0.05) is 25.0 Å². The monoisotopic (exact) mass is 371 g/mol. The Morgan fingerprint density at radius 2 is 2.07 bits per heavy atom. The van der Waals surface area contributed by atoms with Crippen molar-refractivity contribution in [2.45, 2.75) is 58.2 Å². The number of carbonyl (C=O) groups excluding carboxylic acids is 2. The van der Waals surface area contributed by atoms with Crippen LogP contribution in [0.1, 0.15) is 45.1 Å². The third kappa shape index (κ3) is 3.53. The van der Waals surface area contributed by atoms with E-state index in [2.05, 4.69) is 11.0 Å². The molecule has 0 aliphatic carbocycles. The quantitative estimate of drug-likeness (QED) is 0.435. The molecule has 2 bridgehead atoms. The van der Waals surface area contributed by atoms with Crippen molar-refractivity contribution in [3.05, 3.63) is 41.5 Å². The van der Waals surface area contributed by atoms with Crippen molar-refractivity contribution in [1.29, 1.82) is 0 Å². The van der Waals surface area contributed by atoms with Crippen LogP contribution in [0.15, 0.2) is 35.9 Å². The van der Waals surface area contributed by atoms with Crippen LogP contribution in [0, 0.1) is 5.41 Å². The third-order valence-corrected chi connectivity index (χ3v) is 6.01. The van der Waals surface area contributed by atoms with Gasteiger partial charge in [-0.2, -0.15) is 0 Å². The van der Waals surface area contributed by atoms with Gasteiger partial charge in [0.2, 0.25) is 0 Å². The first-order valence-corrected chi connectivity index (χ1v) is 9.56. The average Bonchev–Trinajstić information content (AvgIpc) is 2.97. The zero-order chi connectivity index (χ0) is 19.6. The molecule has 1 aromatic rings. The van der Waals surface area contributed by atoms with Crippen LogP contribution in [-0.4, -0.2) is 43.0 Å². The maximum Gasteiger partial charge on any atom is 0.321 e. The molecule has 2 heterocycles. The Bertz CT molecular complexity index is 752. The third-order valence-electron chi connectivity index (χ3n) is 6.01. The highest BCUT2D eigenvalue weighted by atomic mass is 16.5. The molecule has 0 amide bonds. The van der Waals surface area contributed by atoms with Gasteiger partial charge in [-0.3, -0.25) is 14.5 Å². The minimum atomic E-state index is -1.10. The smallest absolute Gasteiger partial charge is 0.321 e. The van der Waals surface area contributed by atoms with Crippen molar-refractivity contribution in [3.63, 3.8) is 0 Å². The summed E-state index contributed by atoms with van der Waals surface area (Å²) >= 11 is 0. The van der Waals surface area contributed by atoms with Gasteiger partial charge in [0.15, 0.2) is 5.78 Å². The van der Waals surface area contributed by atoms with Crippen LogP contribution < -0.4 is 4.74 Å². The molecule has 2 aliphatic heterocycles. The number of allylic oxidation sites excluding steroid dienone is 2. The molecule has 0 unspecified atom stereocenters. The highest BCUT2D eigenvalue weighted by molar-refractivity contribution is 6.06. The van der Waals surface area contributed by atoms with Crippen molar-refractivity contribution in [2.75, 3.05) is 14.2 Å². The van der Waals surface area contributed by atoms with Gasteiger partial charge >= 0.3 is 5.97 Å². The maximum absolute atomic E-state index is 13.1. The number of benzene rings is 1. The predicted molar refractivity (Wildman–Crippen MR) is 103 cm³/mol. The van der Waals surface area contributed by atoms with E-state index in [1.807, 2.05) is 38.1 Å². The fourth-order valence-electron chi connectivity index (χ4n) is 4.62. The fourth-order valence-corrected chi connectivity index (χ4v) is 4.62. The Kier molecular flexibility index (Phi) is 5.70. The standard InChI is InChI=1S/C22H29NO4/c1-15(2)10-11-22(21(25)27-4)19-9-8-17(13-20(22)24)23(19)14-16-6-5-7-18(12-16)26-3/h5-7,10,12,17,19H,8-9,11,13-14H2,1-4H3/t17-,19-,22+/m1/s1. The van der Waals surface area contributed by atoms with Crippen molar-refractivity contribution in [3.8, 4) is 5.75 Å². The molecule has 1 aromatic carbocycles. The summed E-state index contributed by atoms with van der Waals surface area (Å²) < 4.78 is 10.5. The lowest BCUT2D eigenvalue weighted by atomic mass is 9.69. The molecule has 0 spiro atoms. The second-order valence-corrected chi connectivity index (χ2v) is 7.85. The first-order valence-electron chi connectivity index (χ1n) is 9.56. The SMILES string of the molecule is COC(=O)[C@]1(CC=C(C)C)C(=O)C[C@H]2CC[C@H]1N2Cc1cccc(OC)c1. The number of piperidine rings is 1. The molecular weight excluding hydrogens is 342 g/mol. The van der Waals surface area contributed by atoms with Gasteiger partial charge < -0.3 is 9.47 Å². The number of fused-ring (bicyclic) bond motifs is 2. The molecule has 0 N–H and O–H groups in total. The summed E-state index contributed by atoms with van der Waals surface area (Å²) in [5.74, 6) is 0.448. The van der Waals surface area contributed by atoms with Gasteiger partial charge in [-0.05, 0) is 50.8 Å². The number of ketones is 1. The zero-order valence-corrected chi connectivity index (χ0v) is 16.7. The molecule has 5 nitrogen and oxygen atoms in total. The average molecular weight is 371 g/mol. The number of rotatable bonds is 6. The number of hydrogen-bond donors (Lipinski definition) is 0. The van der Waals surface area contributed by atoms with E-state index in [0.717, 1.165) is 29.7 Å². The summed E-state index contributed by atoms with van der Waals surface area (Å²) in [6.07, 6.45) is 4.59. The topological polar surface area (TPSA) is 55.8 Å². The largest absolute Gasteiger partial charge is 0.497 e. The number of ether oxygens (including phenoxy) is 2. The van der Waals surface area contributed by atoms with E-state index in [1.165, 1.54) is 7.11 Å². The van der Waals surface area contributed by atoms with Crippen LogP contribution in [0.5, 0.6) is 5.75 Å². The first kappa shape index (κ1) is 19.6. The van der Waals surface area contributed by atoms with Crippen molar-refractivity contribution in [2.24, 2.45) is 5.41 Å². The van der Waals surface area contributed by atoms with E-state index in [0.29, 0.717) is 19.4 Å². The van der Waals surface area contributed by atoms with E-state index < -0.39 is 11.4 Å². The number of nitrogens with zero attached hydrogens (tertiary/aromatic N) is 1. The van der Waals surface area contributed by atoms with Gasteiger partial charge in [-0.15, -0.1) is 0 Å². The maximum atomic E-state index is 13.1. The molecule has 3 atom stereocenters. The lowest BCUT2D eigenvalue weighted by Gasteiger charge is -2.45. The second-order valence-electron chi connectivity index (χ2n) is 7.85. The molecule has 2 aliphatic rings. The molecule has 5 heteroatoms. The van der Waals surface area contributed by atoms with Gasteiger partial charge in [-0.1, -0.05) is 23.8 Å². The van der Waals surface area contributed by atoms with Crippen LogP contribution in [0.25, 0.3) is 0 Å². The number of methoxy groups -OCH3 is 2. The molecule has 27 heavy (non-hydrogen) atoms. The lowest BCUT2D eigenvalue weighted by Crippen LogP contribution is -2.60. The summed E-state index contributed by atoms with van der Waals surface area (Å²) in [6.45, 7) is 4.68. The second kappa shape index (κ2) is 7.85. The van der Waals surface area contributed by atoms with E-state index in [4.69, 9.17) is 9.47 Å². The minimum absolute atomic E-state index is 0.0289. The summed E-state index contributed by atoms with van der Waals surface area (Å²) in [4.78, 5) is 28.3. The van der Waals surface area contributed by atoms with Crippen molar-refractivity contribution >= 4 is 11.8 Å². The summed E-state index contributed by atoms with van der Waals surface area (Å²) in [6, 6.07) is 8.05. The molecule has 146 valence electrons. The van der Waals surface area contributed by atoms with Gasteiger partial charge in [0.1, 0.15) is 11.2 Å². The van der Waals surface area contributed by atoms with Crippen LogP contribution in [0.3, 0.4) is 0 Å². The molecule has 3 rings (SSSR count). The highest BCUT2D eigenvalue weighted by Crippen LogP contribution is 2.48. The molecular formula is C22H29NO4. The number of esters is 1. The van der Waals surface area contributed by atoms with Crippen LogP contribution in [0.4, 0.5) is 0 Å². The van der Waals surface area contributed by atoms with Crippen molar-refractivity contribution in [1.82, 2.24) is 4.90 Å². The molecule has 2 saturated heterocycles. The lowest BCUT2D eigenvalue weighted by molar-refractivity contribution is -0.166. The van der Waals surface area contributed by atoms with Crippen LogP contribution >= 0.6 is 0 Å². The Balaban J connectivity index is 1.96. The molecule has 0 saturated carbocycles. The Labute approximate surface area is 161 Å². The first-order chi connectivity index (χ1) is 12.9. The van der Waals surface area contributed by atoms with E-state index >= 15 is 0 Å². The van der Waals surface area contributed by atoms with E-state index in [1.54, 1.807) is 7.11 Å². The molecule has 2 fully saturated rings. The number of hydrogen-bond acceptors (Lipinski definition) is 5. The Morgan fingerprint density at radius 3 is 2.74 bits per heavy atom. The number of carbonyl (C=O) groups is 2. The highest BCUT2D eigenvalue weighted by Gasteiger charge is 2.60. The van der Waals surface area contributed by atoms with Gasteiger partial charge in [0.05, 0.1) is 14.2 Å². The van der Waals surface area contributed by atoms with E-state index in [9.17, 15) is 9.59 Å². The summed E-state index contributed by atoms with van der Waals surface area (Å²) in [5, 5.41) is 0. The van der Waals surface area contributed by atoms with E-state index in [-0.39, 0.29) is 17.9 Å². The Morgan fingerprint density at radius 1 is 1.30 bits per heavy atom. The van der Waals surface area contributed by atoms with Crippen LogP contribution in [-0.2, 0) is 20.9 Å². The van der Waals surface area contributed by atoms with Gasteiger partial charge in [-0.25, -0.2) is 0 Å². The molecule has 0 radical (unpaired) electrons.